The van der Waals surface area contributed by atoms with Crippen molar-refractivity contribution in [2.75, 3.05) is 0 Å². The van der Waals surface area contributed by atoms with Crippen LogP contribution in [0.1, 0.15) is 11.1 Å². The van der Waals surface area contributed by atoms with E-state index in [0.717, 1.165) is 23.0 Å². The van der Waals surface area contributed by atoms with Gasteiger partial charge in [0.1, 0.15) is 0 Å². The van der Waals surface area contributed by atoms with Crippen LogP contribution in [-0.4, -0.2) is 0 Å². The molecule has 0 unspecified atom stereocenters. The average Bonchev–Trinajstić information content (AvgIpc) is 3.48. The van der Waals surface area contributed by atoms with Gasteiger partial charge in [-0.2, -0.15) is 0 Å². The van der Waals surface area contributed by atoms with E-state index in [1.165, 1.54) is 32.3 Å². The lowest BCUT2D eigenvalue weighted by Crippen LogP contribution is -1.89. The fraction of sp³-hybridized carbons (Fsp3) is 0. The van der Waals surface area contributed by atoms with E-state index in [2.05, 4.69) is 72.2 Å². The first-order valence-corrected chi connectivity index (χ1v) is 10.0. The highest BCUT2D eigenvalue weighted by molar-refractivity contribution is 6.23. The van der Waals surface area contributed by atoms with Crippen molar-refractivity contribution in [1.82, 2.24) is 0 Å². The third-order valence-corrected chi connectivity index (χ3v) is 5.56. The van der Waals surface area contributed by atoms with E-state index in [-0.39, 0.29) is 0 Å². The summed E-state index contributed by atoms with van der Waals surface area (Å²) in [6, 6.07) is 17.6. The van der Waals surface area contributed by atoms with Gasteiger partial charge in [-0.3, -0.25) is 0 Å². The van der Waals surface area contributed by atoms with Crippen LogP contribution < -0.4 is 0 Å². The molecule has 10 radical (unpaired) electrons. The molecule has 6 rings (SSSR count). The molecule has 0 bridgehead atoms. The van der Waals surface area contributed by atoms with Gasteiger partial charge in [0.15, 0.2) is 0 Å². The fourth-order valence-corrected chi connectivity index (χ4v) is 4.19. The van der Waals surface area contributed by atoms with Crippen molar-refractivity contribution in [3.8, 4) is 23.7 Å². The van der Waals surface area contributed by atoms with Gasteiger partial charge in [0, 0.05) is 11.1 Å². The first-order chi connectivity index (χ1) is 14.8. The zero-order valence-electron chi connectivity index (χ0n) is 16.2. The Morgan fingerprint density at radius 1 is 0.400 bits per heavy atom. The molecule has 0 N–H and O–H groups in total. The van der Waals surface area contributed by atoms with Crippen molar-refractivity contribution in [1.29, 1.82) is 0 Å². The molecule has 0 atom stereocenters. The summed E-state index contributed by atoms with van der Waals surface area (Å²) in [5, 5.41) is 7.53. The quantitative estimate of drug-likeness (QED) is 0.257. The van der Waals surface area contributed by atoms with E-state index in [4.69, 9.17) is 0 Å². The monoisotopic (exact) mass is 376 g/mol. The van der Waals surface area contributed by atoms with Gasteiger partial charge in [-0.25, -0.2) is 0 Å². The van der Waals surface area contributed by atoms with Gasteiger partial charge in [0.05, 0.1) is 11.8 Å². The van der Waals surface area contributed by atoms with Crippen LogP contribution >= 0.6 is 0 Å². The molecule has 0 nitrogen and oxygen atoms in total. The normalized spacial score (nSPS) is 17.5. The van der Waals surface area contributed by atoms with E-state index in [1.54, 1.807) is 0 Å². The van der Waals surface area contributed by atoms with Crippen molar-refractivity contribution < 1.29 is 0 Å². The molecule has 2 aliphatic carbocycles. The lowest BCUT2D eigenvalue weighted by Gasteiger charge is -2.12. The van der Waals surface area contributed by atoms with Gasteiger partial charge in [0.25, 0.3) is 0 Å². The van der Waals surface area contributed by atoms with E-state index in [0.29, 0.717) is 0 Å². The standard InChI is InChI=1S/C30H16/c1-2-6-21(5-1)9-11-23-17-25-13-15-27-19-24(12-10-22-7-3-4-8-22)20-28-16-14-26(18-23)29(25)30(27)28/h1-8,13-20H. The summed E-state index contributed by atoms with van der Waals surface area (Å²) in [6.45, 7) is 0. The van der Waals surface area contributed by atoms with Crippen molar-refractivity contribution in [3.05, 3.63) is 123 Å². The first kappa shape index (κ1) is 17.9. The summed E-state index contributed by atoms with van der Waals surface area (Å²) >= 11 is 0. The highest BCUT2D eigenvalue weighted by atomic mass is 14.2. The van der Waals surface area contributed by atoms with Crippen molar-refractivity contribution in [2.24, 2.45) is 0 Å². The predicted molar refractivity (Wildman–Crippen MR) is 125 cm³/mol. The third-order valence-electron chi connectivity index (χ3n) is 5.56. The largest absolute Gasteiger partial charge is 0.0888 e. The number of rotatable bonds is 0. The molecule has 0 saturated heterocycles. The second-order valence-electron chi connectivity index (χ2n) is 7.57. The summed E-state index contributed by atoms with van der Waals surface area (Å²) < 4.78 is 0. The average molecular weight is 376 g/mol. The summed E-state index contributed by atoms with van der Waals surface area (Å²) in [4.78, 5) is 0. The molecule has 2 aliphatic rings. The molecular weight excluding hydrogens is 360 g/mol. The molecule has 2 fully saturated rings. The Kier molecular flexibility index (Phi) is 4.39. The van der Waals surface area contributed by atoms with E-state index in [9.17, 15) is 0 Å². The molecule has 0 amide bonds. The molecule has 2 saturated carbocycles. The molecule has 4 aromatic rings. The van der Waals surface area contributed by atoms with Crippen LogP contribution in [0.15, 0.2) is 48.5 Å². The smallest absolute Gasteiger partial charge is 0.0558 e. The van der Waals surface area contributed by atoms with Crippen molar-refractivity contribution >= 4 is 32.3 Å². The Hall–Kier alpha value is -2.96. The Morgan fingerprint density at radius 2 is 0.733 bits per heavy atom. The Balaban J connectivity index is 1.44. The summed E-state index contributed by atoms with van der Waals surface area (Å²) in [5.41, 5.74) is 2.09. The number of hydrogen-bond donors (Lipinski definition) is 0. The molecule has 4 aromatic carbocycles. The molecular formula is C30H16. The van der Waals surface area contributed by atoms with Gasteiger partial charge in [-0.05, 0) is 108 Å². The Bertz CT molecular complexity index is 1180. The van der Waals surface area contributed by atoms with Gasteiger partial charge in [-0.1, -0.05) is 47.9 Å². The Labute approximate surface area is 179 Å². The van der Waals surface area contributed by atoms with E-state index < -0.39 is 0 Å². The molecule has 30 heavy (non-hydrogen) atoms. The lowest BCUT2D eigenvalue weighted by molar-refractivity contribution is 1.43. The van der Waals surface area contributed by atoms with Crippen LogP contribution in [0.25, 0.3) is 32.3 Å². The van der Waals surface area contributed by atoms with Gasteiger partial charge >= 0.3 is 0 Å². The second-order valence-corrected chi connectivity index (χ2v) is 7.57. The minimum Gasteiger partial charge on any atom is -0.0888 e. The maximum Gasteiger partial charge on any atom is 0.0558 e. The first-order valence-electron chi connectivity index (χ1n) is 10.0. The summed E-state index contributed by atoms with van der Waals surface area (Å²) in [6.07, 6.45) is 16.2. The van der Waals surface area contributed by atoms with Crippen molar-refractivity contribution in [3.63, 3.8) is 0 Å². The van der Waals surface area contributed by atoms with Crippen LogP contribution in [0.2, 0.25) is 0 Å². The molecule has 0 aromatic heterocycles. The summed E-state index contributed by atoms with van der Waals surface area (Å²) in [7, 11) is 0. The van der Waals surface area contributed by atoms with Gasteiger partial charge in [-0.15, -0.1) is 0 Å². The molecule has 136 valence electrons. The fourth-order valence-electron chi connectivity index (χ4n) is 4.19. The molecule has 0 heteroatoms. The van der Waals surface area contributed by atoms with Crippen LogP contribution in [0.5, 0.6) is 0 Å². The maximum atomic E-state index is 3.32. The zero-order valence-corrected chi connectivity index (χ0v) is 16.2. The van der Waals surface area contributed by atoms with Gasteiger partial charge < -0.3 is 0 Å². The SMILES string of the molecule is C(#Cc1cc2ccc3cc(C#C[C]4[CH][CH][CH][CH]4)cc4ccc(c1)c2c34)[C]1[CH][CH][CH][CH]1. The third kappa shape index (κ3) is 3.22. The van der Waals surface area contributed by atoms with Gasteiger partial charge in [0.2, 0.25) is 0 Å². The van der Waals surface area contributed by atoms with E-state index >= 15 is 0 Å². The second kappa shape index (κ2) is 7.38. The Morgan fingerprint density at radius 3 is 1.07 bits per heavy atom. The highest BCUT2D eigenvalue weighted by Crippen LogP contribution is 2.36. The lowest BCUT2D eigenvalue weighted by atomic mass is 9.91. The predicted octanol–water partition coefficient (Wildman–Crippen LogP) is 6.10. The van der Waals surface area contributed by atoms with Crippen molar-refractivity contribution in [2.45, 2.75) is 0 Å². The van der Waals surface area contributed by atoms with E-state index in [1.807, 2.05) is 51.4 Å². The van der Waals surface area contributed by atoms with Crippen LogP contribution in [0.3, 0.4) is 0 Å². The topological polar surface area (TPSA) is 0 Å². The van der Waals surface area contributed by atoms with Crippen LogP contribution in [-0.2, 0) is 0 Å². The minimum absolute atomic E-state index is 1.04. The summed E-state index contributed by atoms with van der Waals surface area (Å²) in [5.74, 6) is 15.2. The number of benzene rings is 4. The highest BCUT2D eigenvalue weighted by Gasteiger charge is 2.15. The number of hydrogen-bond acceptors (Lipinski definition) is 0. The van der Waals surface area contributed by atoms with Crippen LogP contribution in [0, 0.1) is 86.9 Å². The molecule has 0 aliphatic heterocycles. The van der Waals surface area contributed by atoms with Crippen LogP contribution in [0.4, 0.5) is 0 Å². The minimum atomic E-state index is 1.04. The maximum absolute atomic E-state index is 3.32. The molecule has 0 heterocycles. The molecule has 0 spiro atoms. The zero-order chi connectivity index (χ0) is 19.9.